The zero-order chi connectivity index (χ0) is 14.8. The third-order valence-electron chi connectivity index (χ3n) is 3.77. The smallest absolute Gasteiger partial charge is 0.274 e. The third-order valence-corrected chi connectivity index (χ3v) is 4.91. The molecular formula is C15H18N4OS. The van der Waals surface area contributed by atoms with E-state index in [0.29, 0.717) is 17.4 Å². The summed E-state index contributed by atoms with van der Waals surface area (Å²) < 4.78 is 1.65. The van der Waals surface area contributed by atoms with Gasteiger partial charge in [-0.05, 0) is 30.4 Å². The van der Waals surface area contributed by atoms with Crippen molar-refractivity contribution in [3.05, 3.63) is 42.2 Å². The molecule has 1 atom stereocenters. The molecule has 0 radical (unpaired) electrons. The summed E-state index contributed by atoms with van der Waals surface area (Å²) in [7, 11) is 1.86. The molecule has 21 heavy (non-hydrogen) atoms. The lowest BCUT2D eigenvalue weighted by atomic mass is 10.2. The van der Waals surface area contributed by atoms with Crippen LogP contribution in [-0.2, 0) is 0 Å². The molecule has 3 rings (SSSR count). The van der Waals surface area contributed by atoms with Gasteiger partial charge in [0.25, 0.3) is 5.91 Å². The number of rotatable bonds is 3. The van der Waals surface area contributed by atoms with Gasteiger partial charge in [-0.3, -0.25) is 4.79 Å². The SMILES string of the molecule is CN(C(=O)c1ccn(-c2ccccc2N)n1)C1CCSC1. The molecule has 0 saturated carbocycles. The minimum absolute atomic E-state index is 0.0317. The molecule has 0 bridgehead atoms. The lowest BCUT2D eigenvalue weighted by Crippen LogP contribution is -2.37. The first-order chi connectivity index (χ1) is 10.2. The van der Waals surface area contributed by atoms with Crippen LogP contribution in [0, 0.1) is 0 Å². The Morgan fingerprint density at radius 1 is 1.43 bits per heavy atom. The van der Waals surface area contributed by atoms with Gasteiger partial charge in [0.1, 0.15) is 0 Å². The predicted molar refractivity (Wildman–Crippen MR) is 85.8 cm³/mol. The first-order valence-corrected chi connectivity index (χ1v) is 8.08. The number of thioether (sulfide) groups is 1. The van der Waals surface area contributed by atoms with E-state index in [2.05, 4.69) is 5.10 Å². The molecule has 1 aromatic heterocycles. The van der Waals surface area contributed by atoms with Crippen LogP contribution in [0.3, 0.4) is 0 Å². The molecule has 1 aromatic carbocycles. The first kappa shape index (κ1) is 14.0. The maximum Gasteiger partial charge on any atom is 0.274 e. The fourth-order valence-corrected chi connectivity index (χ4v) is 3.71. The summed E-state index contributed by atoms with van der Waals surface area (Å²) in [5, 5.41) is 4.37. The average Bonchev–Trinajstić information content (AvgIpc) is 3.17. The molecule has 2 N–H and O–H groups in total. The molecule has 1 saturated heterocycles. The Kier molecular flexibility index (Phi) is 3.88. The molecule has 0 aliphatic carbocycles. The van der Waals surface area contributed by atoms with Crippen molar-refractivity contribution in [2.45, 2.75) is 12.5 Å². The van der Waals surface area contributed by atoms with Crippen molar-refractivity contribution in [1.29, 1.82) is 0 Å². The van der Waals surface area contributed by atoms with Crippen LogP contribution >= 0.6 is 11.8 Å². The van der Waals surface area contributed by atoms with E-state index in [-0.39, 0.29) is 5.91 Å². The Morgan fingerprint density at radius 2 is 2.24 bits per heavy atom. The second-order valence-corrected chi connectivity index (χ2v) is 6.29. The lowest BCUT2D eigenvalue weighted by molar-refractivity contribution is 0.0741. The number of nitrogens with zero attached hydrogens (tertiary/aromatic N) is 3. The van der Waals surface area contributed by atoms with Gasteiger partial charge in [-0.15, -0.1) is 0 Å². The normalized spacial score (nSPS) is 17.9. The maximum atomic E-state index is 12.5. The van der Waals surface area contributed by atoms with Crippen molar-refractivity contribution in [2.75, 3.05) is 24.3 Å². The molecule has 110 valence electrons. The van der Waals surface area contributed by atoms with Crippen molar-refractivity contribution < 1.29 is 4.79 Å². The van der Waals surface area contributed by atoms with E-state index in [9.17, 15) is 4.79 Å². The van der Waals surface area contributed by atoms with Crippen molar-refractivity contribution >= 4 is 23.4 Å². The number of carbonyl (C=O) groups is 1. The molecule has 1 aliphatic rings. The van der Waals surface area contributed by atoms with Gasteiger partial charge in [0.05, 0.1) is 11.4 Å². The molecule has 0 spiro atoms. The molecular weight excluding hydrogens is 284 g/mol. The number of para-hydroxylation sites is 2. The molecule has 6 heteroatoms. The highest BCUT2D eigenvalue weighted by molar-refractivity contribution is 7.99. The Hall–Kier alpha value is -1.95. The quantitative estimate of drug-likeness (QED) is 0.881. The Labute approximate surface area is 128 Å². The van der Waals surface area contributed by atoms with Gasteiger partial charge in [-0.25, -0.2) is 4.68 Å². The summed E-state index contributed by atoms with van der Waals surface area (Å²) >= 11 is 1.89. The Morgan fingerprint density at radius 3 is 2.95 bits per heavy atom. The predicted octanol–water partition coefficient (Wildman–Crippen LogP) is 2.03. The number of nitrogen functional groups attached to an aromatic ring is 1. The molecule has 1 aliphatic heterocycles. The molecule has 2 heterocycles. The van der Waals surface area contributed by atoms with Crippen LogP contribution in [-0.4, -0.2) is 45.2 Å². The second-order valence-electron chi connectivity index (χ2n) is 5.14. The van der Waals surface area contributed by atoms with Gasteiger partial charge in [-0.2, -0.15) is 16.9 Å². The minimum atomic E-state index is -0.0317. The van der Waals surface area contributed by atoms with Crippen LogP contribution in [0.1, 0.15) is 16.9 Å². The summed E-state index contributed by atoms with van der Waals surface area (Å²) in [6.07, 6.45) is 2.83. The van der Waals surface area contributed by atoms with Gasteiger partial charge in [0, 0.05) is 25.0 Å². The van der Waals surface area contributed by atoms with Crippen LogP contribution in [0.25, 0.3) is 5.69 Å². The van der Waals surface area contributed by atoms with E-state index in [1.165, 1.54) is 0 Å². The van der Waals surface area contributed by atoms with Crippen LogP contribution in [0.15, 0.2) is 36.5 Å². The molecule has 1 fully saturated rings. The molecule has 2 aromatic rings. The Bertz CT molecular complexity index is 649. The van der Waals surface area contributed by atoms with Crippen molar-refractivity contribution in [3.63, 3.8) is 0 Å². The van der Waals surface area contributed by atoms with Crippen LogP contribution in [0.4, 0.5) is 5.69 Å². The van der Waals surface area contributed by atoms with E-state index < -0.39 is 0 Å². The van der Waals surface area contributed by atoms with E-state index in [4.69, 9.17) is 5.73 Å². The van der Waals surface area contributed by atoms with E-state index >= 15 is 0 Å². The van der Waals surface area contributed by atoms with Crippen LogP contribution in [0.5, 0.6) is 0 Å². The van der Waals surface area contributed by atoms with E-state index in [1.807, 2.05) is 43.1 Å². The van der Waals surface area contributed by atoms with Crippen LogP contribution < -0.4 is 5.73 Å². The summed E-state index contributed by atoms with van der Waals surface area (Å²) in [4.78, 5) is 14.3. The van der Waals surface area contributed by atoms with Crippen LogP contribution in [0.2, 0.25) is 0 Å². The highest BCUT2D eigenvalue weighted by atomic mass is 32.2. The zero-order valence-electron chi connectivity index (χ0n) is 11.9. The van der Waals surface area contributed by atoms with Crippen molar-refractivity contribution in [3.8, 4) is 5.69 Å². The van der Waals surface area contributed by atoms with Crippen molar-refractivity contribution in [1.82, 2.24) is 14.7 Å². The van der Waals surface area contributed by atoms with Crippen molar-refractivity contribution in [2.24, 2.45) is 0 Å². The standard InChI is InChI=1S/C15H18N4OS/c1-18(11-7-9-21-10-11)15(20)13-6-8-19(17-13)14-5-3-2-4-12(14)16/h2-6,8,11H,7,9-10,16H2,1H3. The summed E-state index contributed by atoms with van der Waals surface area (Å²) in [6, 6.07) is 9.53. The van der Waals surface area contributed by atoms with Gasteiger partial charge in [0.15, 0.2) is 5.69 Å². The summed E-state index contributed by atoms with van der Waals surface area (Å²) in [6.45, 7) is 0. The topological polar surface area (TPSA) is 64.2 Å². The molecule has 1 amide bonds. The number of amides is 1. The van der Waals surface area contributed by atoms with E-state index in [0.717, 1.165) is 23.6 Å². The highest BCUT2D eigenvalue weighted by Gasteiger charge is 2.25. The van der Waals surface area contributed by atoms with Gasteiger partial charge < -0.3 is 10.6 Å². The summed E-state index contributed by atoms with van der Waals surface area (Å²) in [5.41, 5.74) is 7.82. The van der Waals surface area contributed by atoms with Gasteiger partial charge in [0.2, 0.25) is 0 Å². The third kappa shape index (κ3) is 2.76. The highest BCUT2D eigenvalue weighted by Crippen LogP contribution is 2.22. The van der Waals surface area contributed by atoms with Gasteiger partial charge >= 0.3 is 0 Å². The number of aromatic nitrogens is 2. The second kappa shape index (κ2) is 5.81. The van der Waals surface area contributed by atoms with Gasteiger partial charge in [-0.1, -0.05) is 12.1 Å². The number of benzene rings is 1. The number of nitrogens with two attached hydrogens (primary N) is 1. The van der Waals surface area contributed by atoms with E-state index in [1.54, 1.807) is 21.8 Å². The number of anilines is 1. The fraction of sp³-hybridized carbons (Fsp3) is 0.333. The maximum absolute atomic E-state index is 12.5. The Balaban J connectivity index is 1.81. The minimum Gasteiger partial charge on any atom is -0.397 e. The lowest BCUT2D eigenvalue weighted by Gasteiger charge is -2.22. The monoisotopic (exact) mass is 302 g/mol. The average molecular weight is 302 g/mol. The molecule has 1 unspecified atom stereocenters. The molecule has 5 nitrogen and oxygen atoms in total. The summed E-state index contributed by atoms with van der Waals surface area (Å²) in [5.74, 6) is 2.10. The number of carbonyl (C=O) groups excluding carboxylic acids is 1. The largest absolute Gasteiger partial charge is 0.397 e. The number of hydrogen-bond acceptors (Lipinski definition) is 4. The first-order valence-electron chi connectivity index (χ1n) is 6.92. The zero-order valence-corrected chi connectivity index (χ0v) is 12.7. The fourth-order valence-electron chi connectivity index (χ4n) is 2.44. The number of hydrogen-bond donors (Lipinski definition) is 1.